The lowest BCUT2D eigenvalue weighted by Crippen LogP contribution is -2.61. The lowest BCUT2D eigenvalue weighted by atomic mass is 9.96. The molecule has 0 aliphatic carbocycles. The number of nitrogens with two attached hydrogens (primary N) is 2. The van der Waals surface area contributed by atoms with Crippen molar-refractivity contribution in [1.82, 2.24) is 81.9 Å². The molecule has 0 unspecified atom stereocenters. The molecule has 0 bridgehead atoms. The third kappa shape index (κ3) is 23.5. The number of hydrogen-bond acceptors (Lipinski definition) is 20. The number of piperidine rings is 2. The van der Waals surface area contributed by atoms with E-state index < -0.39 is 200 Å². The first kappa shape index (κ1) is 89.4. The van der Waals surface area contributed by atoms with E-state index in [-0.39, 0.29) is 69.3 Å². The number of aromatic hydroxyl groups is 1. The lowest BCUT2D eigenvalue weighted by Gasteiger charge is -2.38. The van der Waals surface area contributed by atoms with Crippen molar-refractivity contribution < 1.29 is 81.8 Å². The number of primary amides is 1. The summed E-state index contributed by atoms with van der Waals surface area (Å²) in [7, 11) is 5.32. The summed E-state index contributed by atoms with van der Waals surface area (Å²) in [6.45, 7) is 6.58. The summed E-state index contributed by atoms with van der Waals surface area (Å²) < 4.78 is 6.36. The Kier molecular flexibility index (Phi) is 32.2. The van der Waals surface area contributed by atoms with Crippen molar-refractivity contribution in [3.8, 4) is 11.5 Å². The number of fused-ring (bicyclic) bond motifs is 4. The second-order valence-corrected chi connectivity index (χ2v) is 30.0. The summed E-state index contributed by atoms with van der Waals surface area (Å²) in [5, 5.41) is 36.2. The average Bonchev–Trinajstić information content (AvgIpc) is 0.786. The normalized spacial score (nSPS) is 21.1. The summed E-state index contributed by atoms with van der Waals surface area (Å²) in [5.41, 5.74) is 12.1. The number of rotatable bonds is 20. The molecule has 0 radical (unpaired) electrons. The number of nitrogens with one attached hydrogen (secondary N) is 9. The monoisotopic (exact) mass is 1610 g/mol. The number of amides is 16. The third-order valence-corrected chi connectivity index (χ3v) is 21.4. The highest BCUT2D eigenvalue weighted by molar-refractivity contribution is 6.04. The zero-order chi connectivity index (χ0) is 84.8. The Morgan fingerprint density at radius 2 is 1.05 bits per heavy atom. The lowest BCUT2D eigenvalue weighted by molar-refractivity contribution is -0.146. The molecule has 3 aliphatic heterocycles. The van der Waals surface area contributed by atoms with E-state index in [0.717, 1.165) is 19.6 Å². The smallest absolute Gasteiger partial charge is 0.312 e. The van der Waals surface area contributed by atoms with Gasteiger partial charge in [0.2, 0.25) is 70.9 Å². The molecule has 5 heterocycles. The Morgan fingerprint density at radius 3 is 1.53 bits per heavy atom. The van der Waals surface area contributed by atoms with Crippen LogP contribution in [0, 0.1) is 17.8 Å². The van der Waals surface area contributed by atoms with E-state index in [0.29, 0.717) is 71.6 Å². The van der Waals surface area contributed by atoms with Gasteiger partial charge >= 0.3 is 6.03 Å². The van der Waals surface area contributed by atoms with Crippen molar-refractivity contribution in [3.05, 3.63) is 102 Å². The molecule has 36 nitrogen and oxygen atoms in total. The van der Waals surface area contributed by atoms with Crippen LogP contribution in [0.2, 0.25) is 0 Å². The Balaban J connectivity index is 1.07. The first-order chi connectivity index (χ1) is 55.2. The average molecular weight is 1610 g/mol. The minimum absolute atomic E-state index is 0.0124. The van der Waals surface area contributed by atoms with Gasteiger partial charge in [-0.3, -0.25) is 67.1 Å². The molecular weight excluding hydrogens is 1500 g/mol. The summed E-state index contributed by atoms with van der Waals surface area (Å²) in [6, 6.07) is 11.8. The largest absolute Gasteiger partial charge is 0.505 e. The Morgan fingerprint density at radius 1 is 0.586 bits per heavy atom. The number of likely N-dealkylation sites (N-methyl/N-ethyl adjacent to an activating group) is 4. The number of anilines is 1. The Labute approximate surface area is 672 Å². The fourth-order valence-corrected chi connectivity index (χ4v) is 13.9. The molecule has 10 atom stereocenters. The van der Waals surface area contributed by atoms with Crippen LogP contribution in [-0.2, 0) is 64.1 Å². The highest BCUT2D eigenvalue weighted by Crippen LogP contribution is 2.28. The predicted octanol–water partition coefficient (Wildman–Crippen LogP) is 0.723. The van der Waals surface area contributed by atoms with Gasteiger partial charge in [0.25, 0.3) is 11.8 Å². The van der Waals surface area contributed by atoms with E-state index in [2.05, 4.69) is 52.8 Å². The van der Waals surface area contributed by atoms with Crippen LogP contribution in [-0.4, -0.2) is 269 Å². The highest BCUT2D eigenvalue weighted by atomic mass is 16.5. The van der Waals surface area contributed by atoms with Crippen molar-refractivity contribution in [2.45, 2.75) is 161 Å². The molecule has 3 aromatic carbocycles. The number of carbonyl (C=O) groups is 15. The molecule has 8 rings (SSSR count). The van der Waals surface area contributed by atoms with Crippen molar-refractivity contribution in [2.24, 2.45) is 29.2 Å². The van der Waals surface area contributed by atoms with Gasteiger partial charge in [0.15, 0.2) is 17.1 Å². The van der Waals surface area contributed by atoms with Gasteiger partial charge in [0.1, 0.15) is 54.6 Å². The van der Waals surface area contributed by atoms with Gasteiger partial charge < -0.3 is 98.6 Å². The molecule has 116 heavy (non-hydrogen) atoms. The number of benzene rings is 3. The van der Waals surface area contributed by atoms with Crippen LogP contribution in [0.15, 0.2) is 84.9 Å². The quantitative estimate of drug-likeness (QED) is 0.0478. The highest BCUT2D eigenvalue weighted by Gasteiger charge is 2.42. The van der Waals surface area contributed by atoms with Crippen LogP contribution in [0.4, 0.5) is 10.5 Å². The number of para-hydroxylation sites is 2. The second kappa shape index (κ2) is 41.8. The predicted molar refractivity (Wildman–Crippen MR) is 427 cm³/mol. The van der Waals surface area contributed by atoms with E-state index in [1.165, 1.54) is 44.1 Å². The van der Waals surface area contributed by atoms with Crippen LogP contribution in [0.3, 0.4) is 0 Å². The third-order valence-electron chi connectivity index (χ3n) is 21.4. The van der Waals surface area contributed by atoms with Crippen LogP contribution in [0.1, 0.15) is 132 Å². The van der Waals surface area contributed by atoms with Gasteiger partial charge in [-0.1, -0.05) is 103 Å². The molecule has 626 valence electrons. The summed E-state index contributed by atoms with van der Waals surface area (Å²) in [5.74, 6) is -12.8. The number of pyridine rings is 2. The fourth-order valence-electron chi connectivity index (χ4n) is 13.9. The van der Waals surface area contributed by atoms with E-state index in [1.807, 2.05) is 0 Å². The standard InChI is InChI=1S/C80H109N19O17/c1-11-46(5)68-76(111)84-38-55(92-74(109)66-59(100)36-49-22-13-15-24-52(49)89-66)78(113)98-34-19-17-27-57(98)71(106)86-40-61(101)95(8)43-64(104)97(10)69(47(6)12-2)77(112)85-39-56(79(114)99-35-20-18-28-58(99)72(107)87-41-62(102)94(7)42-63(103)96(68)9)93-75(110)67-60(37-50-23-14-16-25-53(50)90-67)116-44-48-29-31-51(32-30-48)88-70(105)54(26-21-33-83-80(82)115)91-73(108)65(81)45(3)4/h13-16,22-25,29-32,36-37,45-47,54-58,65,68-69,100H,11-12,17-21,26-28,33-35,38-44,81H2,1-10H3,(H,84,111)(H,85,112)(H,86,106)(H,87,107)(H,88,105)(H,91,108)(H,92,109)(H,93,110)(H3,82,83,115)/t46-,47-,54-,55+,56+,57-,58-,65-,68-,69-/m0/s1. The zero-order valence-electron chi connectivity index (χ0n) is 67.3. The molecule has 5 aromatic rings. The van der Waals surface area contributed by atoms with Crippen LogP contribution >= 0.6 is 0 Å². The molecule has 3 aliphatic rings. The maximum atomic E-state index is 15.5. The minimum atomic E-state index is -1.69. The molecule has 36 heteroatoms. The molecular formula is C80H109N19O17. The van der Waals surface area contributed by atoms with Gasteiger partial charge in [-0.25, -0.2) is 14.8 Å². The van der Waals surface area contributed by atoms with Crippen molar-refractivity contribution in [1.29, 1.82) is 0 Å². The van der Waals surface area contributed by atoms with E-state index in [9.17, 15) is 62.6 Å². The summed E-state index contributed by atoms with van der Waals surface area (Å²) in [4.78, 5) is 229. The minimum Gasteiger partial charge on any atom is -0.505 e. The van der Waals surface area contributed by atoms with E-state index >= 15 is 14.4 Å². The van der Waals surface area contributed by atoms with E-state index in [1.54, 1.807) is 120 Å². The Hall–Kier alpha value is -12.1. The number of aromatic nitrogens is 2. The van der Waals surface area contributed by atoms with Crippen LogP contribution < -0.4 is 64.1 Å². The molecule has 14 N–H and O–H groups in total. The number of urea groups is 1. The number of ether oxygens (including phenoxy) is 1. The number of hydrogen-bond donors (Lipinski definition) is 12. The van der Waals surface area contributed by atoms with Gasteiger partial charge in [0, 0.05) is 77.4 Å². The first-order valence-electron chi connectivity index (χ1n) is 39.1. The van der Waals surface area contributed by atoms with Crippen molar-refractivity contribution in [2.75, 3.05) is 92.4 Å². The van der Waals surface area contributed by atoms with Crippen molar-refractivity contribution in [3.63, 3.8) is 0 Å². The summed E-state index contributed by atoms with van der Waals surface area (Å²) >= 11 is 0. The van der Waals surface area contributed by atoms with Crippen LogP contribution in [0.25, 0.3) is 21.8 Å². The number of nitrogens with zero attached hydrogens (tertiary/aromatic N) is 8. The first-order valence-corrected chi connectivity index (χ1v) is 39.1. The van der Waals surface area contributed by atoms with Gasteiger partial charge in [-0.05, 0) is 111 Å². The van der Waals surface area contributed by atoms with Gasteiger partial charge in [-0.2, -0.15) is 0 Å². The van der Waals surface area contributed by atoms with Gasteiger partial charge in [0.05, 0.1) is 43.3 Å². The molecule has 3 fully saturated rings. The fraction of sp³-hybridized carbons (Fsp3) is 0.512. The maximum absolute atomic E-state index is 15.5. The van der Waals surface area contributed by atoms with Crippen molar-refractivity contribution >= 4 is 116 Å². The van der Waals surface area contributed by atoms with E-state index in [4.69, 9.17) is 21.2 Å². The molecule has 0 spiro atoms. The molecule has 16 amide bonds. The SMILES string of the molecule is CC[C@H](C)[C@H]1C(=O)NC[C@@H](NC(=O)c2nc3ccccc3cc2OCc2ccc(NC(=O)[C@H](CCCNC(N)=O)NC(=O)[C@@H](N)C(C)C)cc2)C(=O)N2CCCC[C@H]2C(=O)NCC(=O)N(C)CC(=O)N(C)[C@@H]([C@@H](C)CC)C(=O)NC[C@@H](NC(=O)c2nc3ccccc3cc2O)C(=O)N2CCCC[C@H]2C(=O)NCC(=O)N(C)CC(=O)N1C. The molecule has 2 aromatic heterocycles. The zero-order valence-corrected chi connectivity index (χ0v) is 67.3. The topological polar surface area (TPSA) is 491 Å². The maximum Gasteiger partial charge on any atom is 0.312 e. The second-order valence-electron chi connectivity index (χ2n) is 30.0. The van der Waals surface area contributed by atoms with Gasteiger partial charge in [-0.15, -0.1) is 0 Å². The molecule has 3 saturated heterocycles. The summed E-state index contributed by atoms with van der Waals surface area (Å²) in [6.07, 6.45) is 2.94. The van der Waals surface area contributed by atoms with Crippen LogP contribution in [0.5, 0.6) is 11.5 Å². The number of carbonyl (C=O) groups excluding carboxylic acids is 15. The Bertz CT molecular complexity index is 4450. The molecule has 0 saturated carbocycles.